The van der Waals surface area contributed by atoms with E-state index < -0.39 is 36.9 Å². The quantitative estimate of drug-likeness (QED) is 0.241. The summed E-state index contributed by atoms with van der Waals surface area (Å²) in [5, 5.41) is 30.9. The molecule has 8 nitrogen and oxygen atoms in total. The molecule has 0 aromatic carbocycles. The summed E-state index contributed by atoms with van der Waals surface area (Å²) in [6, 6.07) is 0. The molecule has 1 saturated heterocycles. The Kier molecular flexibility index (Phi) is 4.39. The standard InChI is InChI=1S/C4H5O4P.HNO3/c5-1-2(6)4(8)9-3(1)7;2-1(3)4/h1-2,5-6,9H;(H,2,3,4). The Balaban J connectivity index is 0.000000310. The molecule has 1 heterocycles. The minimum Gasteiger partial charge on any atom is -0.382 e. The number of rotatable bonds is 0. The number of hydrogen-bond acceptors (Lipinski definition) is 6. The smallest absolute Gasteiger partial charge is 0.291 e. The zero-order valence-electron chi connectivity index (χ0n) is 6.08. The van der Waals surface area contributed by atoms with Crippen LogP contribution in [0.25, 0.3) is 0 Å². The van der Waals surface area contributed by atoms with Gasteiger partial charge < -0.3 is 15.4 Å². The van der Waals surface area contributed by atoms with Gasteiger partial charge in [0.1, 0.15) is 12.2 Å². The molecule has 9 heteroatoms. The molecule has 1 rings (SSSR count). The highest BCUT2D eigenvalue weighted by atomic mass is 31.1. The van der Waals surface area contributed by atoms with E-state index in [-0.39, 0.29) is 0 Å². The minimum absolute atomic E-state index is 0.561. The van der Waals surface area contributed by atoms with Crippen LogP contribution in [0, 0.1) is 10.1 Å². The van der Waals surface area contributed by atoms with E-state index in [2.05, 4.69) is 0 Å². The van der Waals surface area contributed by atoms with Crippen LogP contribution in [0.4, 0.5) is 0 Å². The van der Waals surface area contributed by atoms with E-state index in [0.29, 0.717) is 0 Å². The van der Waals surface area contributed by atoms with E-state index >= 15 is 0 Å². The van der Waals surface area contributed by atoms with Crippen molar-refractivity contribution >= 4 is 19.6 Å². The van der Waals surface area contributed by atoms with E-state index in [9.17, 15) is 9.59 Å². The van der Waals surface area contributed by atoms with Gasteiger partial charge in [0.2, 0.25) is 0 Å². The average molecular weight is 211 g/mol. The molecule has 0 aromatic rings. The van der Waals surface area contributed by atoms with E-state index in [1.807, 2.05) is 0 Å². The fourth-order valence-corrected chi connectivity index (χ4v) is 1.41. The first-order chi connectivity index (χ1) is 5.86. The van der Waals surface area contributed by atoms with Crippen LogP contribution < -0.4 is 0 Å². The second-order valence-electron chi connectivity index (χ2n) is 1.98. The predicted molar refractivity (Wildman–Crippen MR) is 39.1 cm³/mol. The fraction of sp³-hybridized carbons (Fsp3) is 0.500. The molecule has 1 aliphatic heterocycles. The first-order valence-electron chi connectivity index (χ1n) is 2.90. The van der Waals surface area contributed by atoms with Gasteiger partial charge in [0.05, 0.1) is 0 Å². The molecule has 0 spiro atoms. The van der Waals surface area contributed by atoms with Gasteiger partial charge in [-0.3, -0.25) is 9.59 Å². The van der Waals surface area contributed by atoms with Crippen LogP contribution in [0.1, 0.15) is 0 Å². The second-order valence-corrected chi connectivity index (χ2v) is 3.22. The van der Waals surface area contributed by atoms with Gasteiger partial charge in [-0.1, -0.05) is 0 Å². The lowest BCUT2D eigenvalue weighted by Gasteiger charge is -2.00. The van der Waals surface area contributed by atoms with Gasteiger partial charge in [-0.15, -0.1) is 10.1 Å². The van der Waals surface area contributed by atoms with E-state index in [0.717, 1.165) is 0 Å². The zero-order valence-corrected chi connectivity index (χ0v) is 7.08. The Hall–Kier alpha value is -1.11. The van der Waals surface area contributed by atoms with Crippen LogP contribution in [-0.2, 0) is 9.59 Å². The van der Waals surface area contributed by atoms with Gasteiger partial charge in [0, 0.05) is 8.58 Å². The summed E-state index contributed by atoms with van der Waals surface area (Å²) in [7, 11) is -0.561. The van der Waals surface area contributed by atoms with Crippen molar-refractivity contribution in [1.29, 1.82) is 0 Å². The lowest BCUT2D eigenvalue weighted by molar-refractivity contribution is -0.742. The SMILES string of the molecule is O=C1PC(=O)C(O)C1O.O=[N+]([O-])O. The lowest BCUT2D eigenvalue weighted by atomic mass is 10.2. The maximum Gasteiger partial charge on any atom is 0.291 e. The summed E-state index contributed by atoms with van der Waals surface area (Å²) in [5.41, 5.74) is -1.12. The van der Waals surface area contributed by atoms with Crippen LogP contribution in [0.3, 0.4) is 0 Å². The monoisotopic (exact) mass is 211 g/mol. The highest BCUT2D eigenvalue weighted by Gasteiger charge is 2.38. The van der Waals surface area contributed by atoms with E-state index in [1.165, 1.54) is 0 Å². The molecule has 74 valence electrons. The van der Waals surface area contributed by atoms with Crippen molar-refractivity contribution in [3.05, 3.63) is 10.1 Å². The molecule has 2 unspecified atom stereocenters. The fourth-order valence-electron chi connectivity index (χ4n) is 0.556. The van der Waals surface area contributed by atoms with Gasteiger partial charge in [-0.05, 0) is 0 Å². The molecule has 0 amide bonds. The molecule has 0 aromatic heterocycles. The van der Waals surface area contributed by atoms with Gasteiger partial charge >= 0.3 is 0 Å². The van der Waals surface area contributed by atoms with Crippen molar-refractivity contribution in [2.24, 2.45) is 0 Å². The molecule has 1 aliphatic rings. The van der Waals surface area contributed by atoms with Crippen LogP contribution >= 0.6 is 8.58 Å². The molecule has 0 bridgehead atoms. The zero-order chi connectivity index (χ0) is 10.6. The molecule has 13 heavy (non-hydrogen) atoms. The van der Waals surface area contributed by atoms with Crippen molar-refractivity contribution in [2.75, 3.05) is 0 Å². The highest BCUT2D eigenvalue weighted by molar-refractivity contribution is 7.75. The molecule has 3 N–H and O–H groups in total. The van der Waals surface area contributed by atoms with Crippen LogP contribution in [0.2, 0.25) is 0 Å². The molecular weight excluding hydrogens is 205 g/mol. The Bertz CT molecular complexity index is 219. The van der Waals surface area contributed by atoms with Crippen molar-refractivity contribution in [3.8, 4) is 0 Å². The molecule has 0 saturated carbocycles. The Morgan fingerprint density at radius 2 is 1.46 bits per heavy atom. The summed E-state index contributed by atoms with van der Waals surface area (Å²) in [6.45, 7) is 0. The van der Waals surface area contributed by atoms with Gasteiger partial charge in [0.15, 0.2) is 11.0 Å². The summed E-state index contributed by atoms with van der Waals surface area (Å²) in [4.78, 5) is 29.1. The first-order valence-corrected chi connectivity index (χ1v) is 3.90. The van der Waals surface area contributed by atoms with E-state index in [4.69, 9.17) is 25.5 Å². The predicted octanol–water partition coefficient (Wildman–Crippen LogP) is -1.89. The number of aliphatic hydroxyl groups is 2. The molecule has 0 aliphatic carbocycles. The molecule has 1 fully saturated rings. The second kappa shape index (κ2) is 4.80. The average Bonchev–Trinajstić information content (AvgIpc) is 2.17. The highest BCUT2D eigenvalue weighted by Crippen LogP contribution is 2.27. The van der Waals surface area contributed by atoms with Crippen LogP contribution in [0.15, 0.2) is 0 Å². The third-order valence-corrected chi connectivity index (χ3v) is 2.17. The largest absolute Gasteiger partial charge is 0.382 e. The van der Waals surface area contributed by atoms with Crippen molar-refractivity contribution in [1.82, 2.24) is 0 Å². The maximum atomic E-state index is 10.4. The third kappa shape index (κ3) is 3.88. The van der Waals surface area contributed by atoms with Crippen LogP contribution in [-0.4, -0.2) is 43.8 Å². The normalized spacial score (nSPS) is 28.5. The summed E-state index contributed by atoms with van der Waals surface area (Å²) >= 11 is 0. The van der Waals surface area contributed by atoms with Gasteiger partial charge in [0.25, 0.3) is 5.09 Å². The summed E-state index contributed by atoms with van der Waals surface area (Å²) in [6.07, 6.45) is -2.92. The minimum atomic E-state index is -1.50. The Labute approximate surface area is 73.1 Å². The van der Waals surface area contributed by atoms with Gasteiger partial charge in [-0.25, -0.2) is 0 Å². The number of nitrogens with zero attached hydrogens (tertiary/aromatic N) is 1. The third-order valence-electron chi connectivity index (χ3n) is 1.08. The topological polar surface area (TPSA) is 138 Å². The first kappa shape index (κ1) is 11.9. The number of carbonyl (C=O) groups is 2. The number of hydrogen-bond donors (Lipinski definition) is 3. The molecular formula is C4H6NO7P. The van der Waals surface area contributed by atoms with Crippen molar-refractivity contribution < 1.29 is 30.1 Å². The molecule has 0 radical (unpaired) electrons. The van der Waals surface area contributed by atoms with Gasteiger partial charge in [-0.2, -0.15) is 0 Å². The number of aliphatic hydroxyl groups excluding tert-OH is 2. The lowest BCUT2D eigenvalue weighted by Crippen LogP contribution is -2.27. The Morgan fingerprint density at radius 3 is 1.54 bits per heavy atom. The summed E-state index contributed by atoms with van der Waals surface area (Å²) in [5.74, 6) is 0. The van der Waals surface area contributed by atoms with E-state index in [1.54, 1.807) is 0 Å². The number of carbonyl (C=O) groups excluding carboxylic acids is 2. The Morgan fingerprint density at radius 1 is 1.23 bits per heavy atom. The maximum absolute atomic E-state index is 10.4. The van der Waals surface area contributed by atoms with Crippen LogP contribution in [0.5, 0.6) is 0 Å². The molecule has 2 atom stereocenters. The van der Waals surface area contributed by atoms with Crippen molar-refractivity contribution in [2.45, 2.75) is 12.2 Å². The van der Waals surface area contributed by atoms with Crippen molar-refractivity contribution in [3.63, 3.8) is 0 Å². The summed E-state index contributed by atoms with van der Waals surface area (Å²) < 4.78 is 0.